The van der Waals surface area contributed by atoms with E-state index >= 15 is 5.11 Å². The van der Waals surface area contributed by atoms with Crippen molar-refractivity contribution in [2.45, 2.75) is 103 Å². The number of fused-ring (bicyclic) bond motifs is 1. The maximum absolute atomic E-state index is 15.1. The minimum atomic E-state index is -1.11. The van der Waals surface area contributed by atoms with E-state index in [2.05, 4.69) is 172 Å². The quantitative estimate of drug-likeness (QED) is 0.0965. The zero-order valence-corrected chi connectivity index (χ0v) is 40.0. The van der Waals surface area contributed by atoms with Crippen LogP contribution in [0.5, 0.6) is 5.75 Å². The first kappa shape index (κ1) is 43.5. The summed E-state index contributed by atoms with van der Waals surface area (Å²) in [5.41, 5.74) is 7.41. The van der Waals surface area contributed by atoms with Gasteiger partial charge in [-0.15, -0.1) is 0 Å². The van der Waals surface area contributed by atoms with Gasteiger partial charge in [-0.2, -0.15) is 0 Å². The van der Waals surface area contributed by atoms with E-state index in [1.165, 1.54) is 19.3 Å². The number of imidazole rings is 1. The molecule has 1 heterocycles. The maximum Gasteiger partial charge on any atom is 2.00 e. The third-order valence-corrected chi connectivity index (χ3v) is 16.1. The van der Waals surface area contributed by atoms with Gasteiger partial charge >= 0.3 is 19.5 Å². The van der Waals surface area contributed by atoms with Crippen molar-refractivity contribution in [2.75, 3.05) is 0 Å². The zero-order chi connectivity index (χ0) is 39.2. The molecule has 5 nitrogen and oxygen atoms in total. The number of aryl methyl sites for hydroxylation is 2. The summed E-state index contributed by atoms with van der Waals surface area (Å²) in [6.07, 6.45) is 6.04. The Morgan fingerprint density at radius 3 is 1.64 bits per heavy atom. The number of nitrogens with zero attached hydrogens (tertiary/aromatic N) is 4. The van der Waals surface area contributed by atoms with Gasteiger partial charge in [-0.3, -0.25) is 4.90 Å². The van der Waals surface area contributed by atoms with Gasteiger partial charge in [0.1, 0.15) is 5.82 Å². The van der Waals surface area contributed by atoms with Crippen molar-refractivity contribution < 1.29 is 24.6 Å². The molecule has 0 atom stereocenters. The number of para-hydroxylation sites is 2. The van der Waals surface area contributed by atoms with Crippen LogP contribution in [0.2, 0.25) is 39.3 Å². The average molecular weight is 831 g/mol. The van der Waals surface area contributed by atoms with Gasteiger partial charge in [-0.05, 0) is 59.7 Å². The first-order chi connectivity index (χ1) is 26.3. The van der Waals surface area contributed by atoms with Gasteiger partial charge in [0.05, 0.1) is 23.0 Å². The van der Waals surface area contributed by atoms with Crippen molar-refractivity contribution in [1.29, 1.82) is 0 Å². The van der Waals surface area contributed by atoms with Gasteiger partial charge in [0.15, 0.2) is 0 Å². The van der Waals surface area contributed by atoms with Crippen molar-refractivity contribution >= 4 is 27.5 Å². The number of aromatic nitrogens is 2. The van der Waals surface area contributed by atoms with Crippen LogP contribution in [-0.4, -0.2) is 37.0 Å². The molecular weight excluding hydrogens is 770 g/mol. The van der Waals surface area contributed by atoms with E-state index in [9.17, 15) is 0 Å². The topological polar surface area (TPSA) is 58.2 Å². The number of hydrogen-bond acceptors (Lipinski definition) is 3. The summed E-state index contributed by atoms with van der Waals surface area (Å²) in [6.45, 7) is 17.2. The second-order valence-corrected chi connectivity index (χ2v) is 27.0. The fourth-order valence-electron chi connectivity index (χ4n) is 8.78. The molecule has 56 heavy (non-hydrogen) atoms. The molecule has 8 heteroatoms. The Morgan fingerprint density at radius 2 is 1.18 bits per heavy atom. The Morgan fingerprint density at radius 1 is 0.696 bits per heavy atom. The molecule has 6 aromatic rings. The van der Waals surface area contributed by atoms with Crippen LogP contribution >= 0.6 is 0 Å². The van der Waals surface area contributed by atoms with Crippen LogP contribution in [0.4, 0.5) is 0 Å². The Bertz CT molecular complexity index is 2030. The number of hydrogen-bond donors (Lipinski definition) is 0. The zero-order valence-electron chi connectivity index (χ0n) is 35.1. The van der Waals surface area contributed by atoms with E-state index in [0.29, 0.717) is 19.1 Å². The van der Waals surface area contributed by atoms with E-state index in [1.807, 2.05) is 18.2 Å². The third-order valence-electron chi connectivity index (χ3n) is 10.7. The van der Waals surface area contributed by atoms with E-state index in [1.54, 1.807) is 0 Å². The summed E-state index contributed by atoms with van der Waals surface area (Å²) in [5, 5.41) is 15.1. The standard InChI is InChI=1S/C42H43N3O.C6H18NSi2.Zn/c1-31-27-32(29-45(36-23-13-6-14-24-36)30-40-43-38-25-15-16-26-39(38)44(40)2)41(46)37(28-31)42(33-17-7-3-8-18-33,34-19-9-4-10-20-34)35-21-11-5-12-22-35;1-8(2,3)7-9(4,5)6;/h3-5,7-12,15-22,25-28,36,46H,6,13-14,23-24,29-30H2,1-2H3;1-6H3;/q;-1;+2/p-1. The van der Waals surface area contributed by atoms with Crippen molar-refractivity contribution in [3.8, 4) is 5.75 Å². The molecular formula is C48H60N4OSi2Zn. The minimum Gasteiger partial charge on any atom is -0.872 e. The fourth-order valence-corrected chi connectivity index (χ4v) is 16.8. The van der Waals surface area contributed by atoms with Crippen LogP contribution in [0, 0.1) is 6.92 Å². The first-order valence-electron chi connectivity index (χ1n) is 20.1. The van der Waals surface area contributed by atoms with Gasteiger partial charge in [0, 0.05) is 19.6 Å². The molecule has 0 spiro atoms. The van der Waals surface area contributed by atoms with Crippen LogP contribution in [0.15, 0.2) is 127 Å². The first-order valence-corrected chi connectivity index (χ1v) is 27.0. The summed E-state index contributed by atoms with van der Waals surface area (Å²) in [6, 6.07) is 44.7. The van der Waals surface area contributed by atoms with Gasteiger partial charge in [-0.1, -0.05) is 202 Å². The molecule has 0 amide bonds. The molecule has 1 aliphatic rings. The Balaban J connectivity index is 0.000000537. The summed E-state index contributed by atoms with van der Waals surface area (Å²) >= 11 is 0. The smallest absolute Gasteiger partial charge is 0.872 e. The van der Waals surface area contributed by atoms with Crippen LogP contribution in [0.1, 0.15) is 71.3 Å². The molecule has 288 valence electrons. The summed E-state index contributed by atoms with van der Waals surface area (Å²) in [4.78, 5) is 7.58. The molecule has 1 aliphatic carbocycles. The van der Waals surface area contributed by atoms with E-state index in [-0.39, 0.29) is 25.2 Å². The van der Waals surface area contributed by atoms with Crippen LogP contribution in [0.3, 0.4) is 0 Å². The predicted octanol–water partition coefficient (Wildman–Crippen LogP) is 11.7. The molecule has 1 fully saturated rings. The molecule has 0 aliphatic heterocycles. The summed E-state index contributed by atoms with van der Waals surface area (Å²) < 4.78 is 7.04. The van der Waals surface area contributed by atoms with Crippen molar-refractivity contribution in [1.82, 2.24) is 14.5 Å². The molecule has 5 aromatic carbocycles. The SMILES string of the molecule is C[Si](C)(C)[N-][Si](C)(C)C.Cc1cc(CN(Cc2nc3ccccc3n2C)C2CCCCC2)c([O-])c(C(c2ccccc2)(c2ccccc2)c2ccccc2)c1.[Zn+2]. The van der Waals surface area contributed by atoms with Crippen LogP contribution in [0.25, 0.3) is 15.7 Å². The van der Waals surface area contributed by atoms with Gasteiger partial charge in [0.25, 0.3) is 0 Å². The summed E-state index contributed by atoms with van der Waals surface area (Å²) in [7, 11) is -0.0993. The fraction of sp³-hybridized carbons (Fsp3) is 0.354. The molecule has 0 N–H and O–H groups in total. The summed E-state index contributed by atoms with van der Waals surface area (Å²) in [5.74, 6) is 1.16. The third kappa shape index (κ3) is 10.3. The van der Waals surface area contributed by atoms with E-state index in [0.717, 1.165) is 63.1 Å². The number of benzene rings is 5. The van der Waals surface area contributed by atoms with Crippen molar-refractivity contribution in [2.24, 2.45) is 7.05 Å². The van der Waals surface area contributed by atoms with Gasteiger partial charge < -0.3 is 14.3 Å². The second-order valence-electron chi connectivity index (χ2n) is 17.4. The van der Waals surface area contributed by atoms with Crippen LogP contribution in [-0.2, 0) is 45.0 Å². The molecule has 7 rings (SSSR count). The van der Waals surface area contributed by atoms with Gasteiger partial charge in [0.2, 0.25) is 0 Å². The molecule has 0 bridgehead atoms. The number of rotatable bonds is 11. The molecule has 0 unspecified atom stereocenters. The Hall–Kier alpha value is -3.65. The van der Waals surface area contributed by atoms with Crippen molar-refractivity contribution in [3.05, 3.63) is 171 Å². The molecule has 1 aromatic heterocycles. The van der Waals surface area contributed by atoms with Crippen LogP contribution < -0.4 is 5.11 Å². The van der Waals surface area contributed by atoms with E-state index < -0.39 is 21.9 Å². The normalized spacial score (nSPS) is 13.9. The average Bonchev–Trinajstić information content (AvgIpc) is 3.48. The predicted molar refractivity (Wildman–Crippen MR) is 236 cm³/mol. The van der Waals surface area contributed by atoms with E-state index in [4.69, 9.17) is 9.63 Å². The maximum atomic E-state index is 15.1. The molecule has 0 saturated heterocycles. The minimum absolute atomic E-state index is 0. The largest absolute Gasteiger partial charge is 2.00 e. The van der Waals surface area contributed by atoms with Crippen molar-refractivity contribution in [3.63, 3.8) is 0 Å². The second kappa shape index (κ2) is 18.7. The molecule has 0 radical (unpaired) electrons. The molecule has 1 saturated carbocycles. The Labute approximate surface area is 351 Å². The monoisotopic (exact) mass is 828 g/mol. The van der Waals surface area contributed by atoms with Gasteiger partial charge in [-0.25, -0.2) is 4.98 Å². The Kier molecular flexibility index (Phi) is 14.5.